The molecule has 2 rings (SSSR count). The lowest BCUT2D eigenvalue weighted by molar-refractivity contribution is -0.130. The number of carbonyl (C=O) groups excluding carboxylic acids is 2. The van der Waals surface area contributed by atoms with Gasteiger partial charge in [0.1, 0.15) is 11.4 Å². The Morgan fingerprint density at radius 2 is 2.17 bits per heavy atom. The van der Waals surface area contributed by atoms with Crippen LogP contribution in [0.25, 0.3) is 0 Å². The van der Waals surface area contributed by atoms with Crippen LogP contribution in [0.2, 0.25) is 0 Å². The molecule has 0 unspecified atom stereocenters. The Kier molecular flexibility index (Phi) is 3.50. The molecule has 1 saturated heterocycles. The molecule has 7 nitrogen and oxygen atoms in total. The van der Waals surface area contributed by atoms with Crippen LogP contribution in [-0.2, 0) is 4.79 Å². The molecule has 1 aromatic heterocycles. The largest absolute Gasteiger partial charge is 0.383 e. The summed E-state index contributed by atoms with van der Waals surface area (Å²) in [6.45, 7) is 1.65. The Labute approximate surface area is 105 Å². The second-order valence-corrected chi connectivity index (χ2v) is 4.45. The summed E-state index contributed by atoms with van der Waals surface area (Å²) < 4.78 is 0. The molecule has 0 aliphatic carbocycles. The van der Waals surface area contributed by atoms with Crippen molar-refractivity contribution in [1.29, 1.82) is 0 Å². The van der Waals surface area contributed by atoms with Gasteiger partial charge in [-0.2, -0.15) is 5.10 Å². The van der Waals surface area contributed by atoms with Crippen LogP contribution in [0.4, 0.5) is 5.82 Å². The Bertz CT molecular complexity index is 450. The molecular formula is C11H17N5O2. The van der Waals surface area contributed by atoms with Gasteiger partial charge in [-0.25, -0.2) is 0 Å². The van der Waals surface area contributed by atoms with Crippen molar-refractivity contribution in [3.8, 4) is 0 Å². The highest BCUT2D eigenvalue weighted by atomic mass is 16.2. The minimum absolute atomic E-state index is 0.0228. The average molecular weight is 251 g/mol. The minimum atomic E-state index is -0.297. The van der Waals surface area contributed by atoms with Crippen LogP contribution in [-0.4, -0.2) is 58.5 Å². The predicted octanol–water partition coefficient (Wildman–Crippen LogP) is -0.314. The first-order valence-corrected chi connectivity index (χ1v) is 5.91. The number of nitrogens with two attached hydrogens (primary N) is 1. The smallest absolute Gasteiger partial charge is 0.259 e. The molecule has 0 radical (unpaired) electrons. The molecule has 1 fully saturated rings. The number of amides is 2. The van der Waals surface area contributed by atoms with Gasteiger partial charge in [-0.15, -0.1) is 0 Å². The van der Waals surface area contributed by atoms with Crippen molar-refractivity contribution in [2.45, 2.75) is 12.8 Å². The summed E-state index contributed by atoms with van der Waals surface area (Å²) in [5.41, 5.74) is 5.87. The van der Waals surface area contributed by atoms with E-state index in [0.29, 0.717) is 5.56 Å². The van der Waals surface area contributed by atoms with Crippen LogP contribution in [0, 0.1) is 0 Å². The molecule has 1 aliphatic heterocycles. The standard InChI is InChI=1S/C11H17N5O2/c1-15(7-9(17)16-4-2-3-5-16)11(18)8-6-13-14-10(8)12/h6H,2-5,7H2,1H3,(H3,12,13,14). The molecule has 1 aliphatic rings. The van der Waals surface area contributed by atoms with E-state index >= 15 is 0 Å². The van der Waals surface area contributed by atoms with Gasteiger partial charge in [0.15, 0.2) is 0 Å². The lowest BCUT2D eigenvalue weighted by Crippen LogP contribution is -2.39. The number of H-pyrrole nitrogens is 1. The Morgan fingerprint density at radius 1 is 1.50 bits per heavy atom. The second kappa shape index (κ2) is 5.07. The Balaban J connectivity index is 1.95. The van der Waals surface area contributed by atoms with Gasteiger partial charge in [0.05, 0.1) is 12.7 Å². The van der Waals surface area contributed by atoms with E-state index in [4.69, 9.17) is 5.73 Å². The fraction of sp³-hybridized carbons (Fsp3) is 0.545. The van der Waals surface area contributed by atoms with Crippen LogP contribution in [0.15, 0.2) is 6.20 Å². The van der Waals surface area contributed by atoms with Crippen LogP contribution in [0.5, 0.6) is 0 Å². The molecule has 18 heavy (non-hydrogen) atoms. The lowest BCUT2D eigenvalue weighted by Gasteiger charge is -2.21. The number of nitrogens with one attached hydrogen (secondary N) is 1. The summed E-state index contributed by atoms with van der Waals surface area (Å²) >= 11 is 0. The molecule has 0 saturated carbocycles. The summed E-state index contributed by atoms with van der Waals surface area (Å²) in [5, 5.41) is 6.19. The van der Waals surface area contributed by atoms with Gasteiger partial charge in [0.2, 0.25) is 5.91 Å². The summed E-state index contributed by atoms with van der Waals surface area (Å²) in [5.74, 6) is -0.0975. The van der Waals surface area contributed by atoms with E-state index in [-0.39, 0.29) is 24.2 Å². The SMILES string of the molecule is CN(CC(=O)N1CCCC1)C(=O)c1cn[nH]c1N. The number of aromatic nitrogens is 2. The summed E-state index contributed by atoms with van der Waals surface area (Å²) in [4.78, 5) is 27.0. The zero-order valence-corrected chi connectivity index (χ0v) is 10.3. The summed E-state index contributed by atoms with van der Waals surface area (Å²) in [6.07, 6.45) is 3.45. The molecule has 2 amide bonds. The van der Waals surface area contributed by atoms with Crippen molar-refractivity contribution >= 4 is 17.6 Å². The fourth-order valence-corrected chi connectivity index (χ4v) is 2.01. The first-order chi connectivity index (χ1) is 8.59. The van der Waals surface area contributed by atoms with E-state index in [1.807, 2.05) is 0 Å². The topological polar surface area (TPSA) is 95.3 Å². The van der Waals surface area contributed by atoms with E-state index in [1.54, 1.807) is 11.9 Å². The van der Waals surface area contributed by atoms with Gasteiger partial charge in [-0.3, -0.25) is 14.7 Å². The van der Waals surface area contributed by atoms with Crippen LogP contribution in [0.3, 0.4) is 0 Å². The maximum absolute atomic E-state index is 12.0. The van der Waals surface area contributed by atoms with Crippen molar-refractivity contribution in [3.05, 3.63) is 11.8 Å². The summed E-state index contributed by atoms with van der Waals surface area (Å²) in [7, 11) is 1.59. The highest BCUT2D eigenvalue weighted by Crippen LogP contribution is 2.11. The Morgan fingerprint density at radius 3 is 2.72 bits per heavy atom. The fourth-order valence-electron chi connectivity index (χ4n) is 2.01. The van der Waals surface area contributed by atoms with Crippen LogP contribution < -0.4 is 5.73 Å². The number of likely N-dealkylation sites (tertiary alicyclic amines) is 1. The second-order valence-electron chi connectivity index (χ2n) is 4.45. The quantitative estimate of drug-likeness (QED) is 0.770. The van der Waals surface area contributed by atoms with E-state index in [9.17, 15) is 9.59 Å². The van der Waals surface area contributed by atoms with E-state index in [2.05, 4.69) is 10.2 Å². The molecule has 0 aromatic carbocycles. The maximum Gasteiger partial charge on any atom is 0.259 e. The number of nitrogens with zero attached hydrogens (tertiary/aromatic N) is 3. The number of anilines is 1. The highest BCUT2D eigenvalue weighted by Gasteiger charge is 2.23. The first-order valence-electron chi connectivity index (χ1n) is 5.91. The molecule has 7 heteroatoms. The third-order valence-electron chi connectivity index (χ3n) is 3.08. The molecule has 0 atom stereocenters. The molecule has 0 bridgehead atoms. The van der Waals surface area contributed by atoms with Gasteiger partial charge >= 0.3 is 0 Å². The van der Waals surface area contributed by atoms with Crippen molar-refractivity contribution < 1.29 is 9.59 Å². The lowest BCUT2D eigenvalue weighted by atomic mass is 10.3. The monoisotopic (exact) mass is 251 g/mol. The average Bonchev–Trinajstić information content (AvgIpc) is 2.98. The van der Waals surface area contributed by atoms with Gasteiger partial charge in [0, 0.05) is 20.1 Å². The number of carbonyl (C=O) groups is 2. The van der Waals surface area contributed by atoms with E-state index in [1.165, 1.54) is 11.1 Å². The third-order valence-corrected chi connectivity index (χ3v) is 3.08. The number of aromatic amines is 1. The van der Waals surface area contributed by atoms with E-state index < -0.39 is 0 Å². The predicted molar refractivity (Wildman–Crippen MR) is 65.8 cm³/mol. The van der Waals surface area contributed by atoms with Gasteiger partial charge in [-0.1, -0.05) is 0 Å². The van der Waals surface area contributed by atoms with Gasteiger partial charge in [0.25, 0.3) is 5.91 Å². The molecule has 2 heterocycles. The number of hydrogen-bond donors (Lipinski definition) is 2. The molecule has 0 spiro atoms. The molecule has 1 aromatic rings. The van der Waals surface area contributed by atoms with Crippen molar-refractivity contribution in [2.75, 3.05) is 32.4 Å². The molecular weight excluding hydrogens is 234 g/mol. The van der Waals surface area contributed by atoms with Crippen LogP contribution >= 0.6 is 0 Å². The third kappa shape index (κ3) is 2.44. The van der Waals surface area contributed by atoms with Crippen molar-refractivity contribution in [1.82, 2.24) is 20.0 Å². The zero-order chi connectivity index (χ0) is 13.1. The number of rotatable bonds is 3. The van der Waals surface area contributed by atoms with Crippen molar-refractivity contribution in [3.63, 3.8) is 0 Å². The van der Waals surface area contributed by atoms with E-state index in [0.717, 1.165) is 25.9 Å². The number of nitrogen functional groups attached to an aromatic ring is 1. The zero-order valence-electron chi connectivity index (χ0n) is 10.3. The van der Waals surface area contributed by atoms with Gasteiger partial charge in [-0.05, 0) is 12.8 Å². The number of hydrogen-bond acceptors (Lipinski definition) is 4. The minimum Gasteiger partial charge on any atom is -0.383 e. The normalized spacial score (nSPS) is 14.8. The molecule has 98 valence electrons. The summed E-state index contributed by atoms with van der Waals surface area (Å²) in [6, 6.07) is 0. The van der Waals surface area contributed by atoms with Crippen molar-refractivity contribution in [2.24, 2.45) is 0 Å². The molecule has 3 N–H and O–H groups in total. The van der Waals surface area contributed by atoms with Gasteiger partial charge < -0.3 is 15.5 Å². The van der Waals surface area contributed by atoms with Crippen LogP contribution in [0.1, 0.15) is 23.2 Å². The first kappa shape index (κ1) is 12.4. The maximum atomic E-state index is 12.0. The number of likely N-dealkylation sites (N-methyl/N-ethyl adjacent to an activating group) is 1. The Hall–Kier alpha value is -2.05. The highest BCUT2D eigenvalue weighted by molar-refractivity contribution is 5.99.